The van der Waals surface area contributed by atoms with Gasteiger partial charge in [0.05, 0.1) is 7.05 Å². The van der Waals surface area contributed by atoms with Gasteiger partial charge in [0, 0.05) is 6.66 Å². The minimum absolute atomic E-state index is 0.174. The summed E-state index contributed by atoms with van der Waals surface area (Å²) in [7, 11) is 2.81. The molecule has 0 aliphatic heterocycles. The molecule has 0 aromatic carbocycles. The Kier molecular flexibility index (Phi) is 2.63. The predicted octanol–water partition coefficient (Wildman–Crippen LogP) is 1.33. The van der Waals surface area contributed by atoms with Crippen LogP contribution in [0.3, 0.4) is 0 Å². The second-order valence-corrected chi connectivity index (χ2v) is 4.85. The zero-order valence-electron chi connectivity index (χ0n) is 7.02. The van der Waals surface area contributed by atoms with Crippen molar-refractivity contribution in [3.05, 3.63) is 0 Å². The molecule has 2 atom stereocenters. The monoisotopic (exact) mass is 149 g/mol. The average Bonchev–Trinajstić information content (AvgIpc) is 1.64. The molecule has 56 valence electrons. The number of nitrogens with zero attached hydrogens (tertiary/aromatic N) is 1. The van der Waals surface area contributed by atoms with Crippen LogP contribution >= 0.6 is 8.73 Å². The molecule has 0 saturated heterocycles. The summed E-state index contributed by atoms with van der Waals surface area (Å²) >= 11 is 0. The largest absolute Gasteiger partial charge is 0.235 e. The average molecular weight is 149 g/mol. The molecule has 3 heteroatoms. The second-order valence-electron chi connectivity index (χ2n) is 3.47. The van der Waals surface area contributed by atoms with Crippen LogP contribution in [0.25, 0.3) is 0 Å². The van der Waals surface area contributed by atoms with Crippen molar-refractivity contribution in [2.75, 3.05) is 13.7 Å². The van der Waals surface area contributed by atoms with Crippen LogP contribution in [-0.4, -0.2) is 23.6 Å². The Balaban J connectivity index is 4.14. The lowest BCUT2D eigenvalue weighted by molar-refractivity contribution is -0.845. The van der Waals surface area contributed by atoms with Gasteiger partial charge in [-0.15, -0.1) is 0 Å². The third-order valence-electron chi connectivity index (χ3n) is 1.86. The van der Waals surface area contributed by atoms with E-state index in [1.807, 2.05) is 0 Å². The van der Waals surface area contributed by atoms with Gasteiger partial charge in [0.2, 0.25) is 0 Å². The molecule has 0 aliphatic rings. The standard InChI is InChI=1S/C6H18N2P/c1-6(2,3)8(4,7)9-5/h9H,7H2,1-5H3/q+1. The van der Waals surface area contributed by atoms with Crippen LogP contribution in [0.4, 0.5) is 0 Å². The van der Waals surface area contributed by atoms with Crippen molar-refractivity contribution in [1.82, 2.24) is 0 Å². The fourth-order valence-corrected chi connectivity index (χ4v) is 1.01. The summed E-state index contributed by atoms with van der Waals surface area (Å²) in [5, 5.41) is 0. The van der Waals surface area contributed by atoms with E-state index in [4.69, 9.17) is 5.84 Å². The number of nitrogens with two attached hydrogens (primary N) is 1. The van der Waals surface area contributed by atoms with Gasteiger partial charge in [-0.1, -0.05) is 0 Å². The molecule has 0 saturated carbocycles. The number of quaternary nitrogens is 1. The summed E-state index contributed by atoms with van der Waals surface area (Å²) in [5.41, 5.74) is 0.174. The first-order chi connectivity index (χ1) is 3.81. The Morgan fingerprint density at radius 1 is 1.33 bits per heavy atom. The van der Waals surface area contributed by atoms with E-state index in [2.05, 4.69) is 34.5 Å². The van der Waals surface area contributed by atoms with E-state index in [0.717, 1.165) is 8.73 Å². The number of hydrogen-bond acceptors (Lipinski definition) is 1. The van der Waals surface area contributed by atoms with E-state index in [1.165, 1.54) is 0 Å². The summed E-state index contributed by atoms with van der Waals surface area (Å²) in [5.74, 6) is 5.94. The van der Waals surface area contributed by atoms with Crippen LogP contribution in [0.1, 0.15) is 20.8 Å². The van der Waals surface area contributed by atoms with Gasteiger partial charge in [0.25, 0.3) is 0 Å². The van der Waals surface area contributed by atoms with Crippen LogP contribution in [0.5, 0.6) is 0 Å². The fourth-order valence-electron chi connectivity index (χ4n) is 0.335. The molecule has 0 amide bonds. The third kappa shape index (κ3) is 2.21. The molecule has 9 heavy (non-hydrogen) atoms. The Hall–Kier alpha value is 0.350. The van der Waals surface area contributed by atoms with Gasteiger partial charge in [-0.25, -0.2) is 4.36 Å². The van der Waals surface area contributed by atoms with Crippen molar-refractivity contribution in [3.8, 4) is 0 Å². The van der Waals surface area contributed by atoms with Crippen LogP contribution in [0.2, 0.25) is 0 Å². The zero-order chi connectivity index (χ0) is 7.71. The van der Waals surface area contributed by atoms with E-state index in [1.54, 1.807) is 0 Å². The van der Waals surface area contributed by atoms with Crippen LogP contribution in [0, 0.1) is 0 Å². The smallest absolute Gasteiger partial charge is 0.109 e. The lowest BCUT2D eigenvalue weighted by Gasteiger charge is -2.38. The quantitative estimate of drug-likeness (QED) is 0.340. The highest BCUT2D eigenvalue weighted by molar-refractivity contribution is 7.30. The minimum Gasteiger partial charge on any atom is -0.235 e. The Morgan fingerprint density at radius 2 is 1.67 bits per heavy atom. The summed E-state index contributed by atoms with van der Waals surface area (Å²) in [4.78, 5) is 0. The van der Waals surface area contributed by atoms with Gasteiger partial charge >= 0.3 is 0 Å². The van der Waals surface area contributed by atoms with Crippen LogP contribution in [-0.2, 0) is 0 Å². The summed E-state index contributed by atoms with van der Waals surface area (Å²) in [6.07, 6.45) is 0. The van der Waals surface area contributed by atoms with Crippen molar-refractivity contribution >= 4 is 8.73 Å². The molecular formula is C6H18N2P+. The van der Waals surface area contributed by atoms with E-state index in [-0.39, 0.29) is 5.54 Å². The summed E-state index contributed by atoms with van der Waals surface area (Å²) in [6.45, 7) is 8.60. The topological polar surface area (TPSA) is 26.0 Å². The van der Waals surface area contributed by atoms with Crippen molar-refractivity contribution in [1.29, 1.82) is 0 Å². The maximum atomic E-state index is 5.94. The van der Waals surface area contributed by atoms with E-state index in [0.29, 0.717) is 4.36 Å². The Bertz CT molecular complexity index is 93.7. The predicted molar refractivity (Wildman–Crippen MR) is 44.4 cm³/mol. The summed E-state index contributed by atoms with van der Waals surface area (Å²) < 4.78 is 0.618. The molecule has 0 spiro atoms. The number of hydrogen-bond donors (Lipinski definition) is 1. The molecule has 2 N–H and O–H groups in total. The molecule has 0 heterocycles. The minimum atomic E-state index is 0.174. The van der Waals surface area contributed by atoms with Crippen molar-refractivity contribution in [2.24, 2.45) is 5.84 Å². The zero-order valence-corrected chi connectivity index (χ0v) is 8.02. The van der Waals surface area contributed by atoms with Gasteiger partial charge in [0.1, 0.15) is 14.3 Å². The normalized spacial score (nSPS) is 20.7. The van der Waals surface area contributed by atoms with Crippen molar-refractivity contribution in [3.63, 3.8) is 0 Å². The highest BCUT2D eigenvalue weighted by Crippen LogP contribution is 2.28. The van der Waals surface area contributed by atoms with Gasteiger partial charge in [-0.05, 0) is 20.8 Å². The first-order valence-electron chi connectivity index (χ1n) is 3.15. The molecule has 0 fully saturated rings. The van der Waals surface area contributed by atoms with Crippen LogP contribution in [0.15, 0.2) is 0 Å². The first-order valence-corrected chi connectivity index (χ1v) is 4.60. The fraction of sp³-hybridized carbons (Fsp3) is 1.00. The highest BCUT2D eigenvalue weighted by atomic mass is 31.1. The van der Waals surface area contributed by atoms with Gasteiger partial charge in [-0.2, -0.15) is 5.84 Å². The van der Waals surface area contributed by atoms with E-state index in [9.17, 15) is 0 Å². The Morgan fingerprint density at radius 3 is 1.67 bits per heavy atom. The van der Waals surface area contributed by atoms with E-state index < -0.39 is 0 Å². The highest BCUT2D eigenvalue weighted by Gasteiger charge is 2.31. The maximum absolute atomic E-state index is 5.94. The van der Waals surface area contributed by atoms with Crippen molar-refractivity contribution in [2.45, 2.75) is 26.3 Å². The van der Waals surface area contributed by atoms with Gasteiger partial charge in [0.15, 0.2) is 0 Å². The van der Waals surface area contributed by atoms with Gasteiger partial charge < -0.3 is 0 Å². The first kappa shape index (κ1) is 9.35. The Labute approximate surface area is 59.8 Å². The molecular weight excluding hydrogens is 131 g/mol. The number of rotatable bonds is 1. The second kappa shape index (κ2) is 2.53. The molecule has 0 aromatic rings. The molecule has 0 bridgehead atoms. The molecule has 2 unspecified atom stereocenters. The summed E-state index contributed by atoms with van der Waals surface area (Å²) in [6, 6.07) is 0. The molecule has 0 aromatic heterocycles. The van der Waals surface area contributed by atoms with Crippen molar-refractivity contribution < 1.29 is 4.36 Å². The lowest BCUT2D eigenvalue weighted by Crippen LogP contribution is -2.55. The molecule has 0 radical (unpaired) electrons. The van der Waals surface area contributed by atoms with E-state index >= 15 is 0 Å². The van der Waals surface area contributed by atoms with Crippen LogP contribution < -0.4 is 5.84 Å². The molecule has 2 nitrogen and oxygen atoms in total. The molecule has 0 rings (SSSR count). The van der Waals surface area contributed by atoms with Gasteiger partial charge in [-0.3, -0.25) is 0 Å². The maximum Gasteiger partial charge on any atom is 0.109 e. The SMILES string of the molecule is CP[N+](C)(N)C(C)(C)C. The molecule has 0 aliphatic carbocycles. The lowest BCUT2D eigenvalue weighted by atomic mass is 10.1. The third-order valence-corrected chi connectivity index (χ3v) is 3.46.